The lowest BCUT2D eigenvalue weighted by Crippen LogP contribution is -2.05. The van der Waals surface area contributed by atoms with Gasteiger partial charge in [-0.2, -0.15) is 0 Å². The molecule has 5 nitrogen and oxygen atoms in total. The minimum absolute atomic E-state index is 0.00915. The second-order valence-corrected chi connectivity index (χ2v) is 7.87. The van der Waals surface area contributed by atoms with Gasteiger partial charge >= 0.3 is 0 Å². The van der Waals surface area contributed by atoms with E-state index in [9.17, 15) is 12.8 Å². The number of benzene rings is 2. The van der Waals surface area contributed by atoms with E-state index in [1.807, 2.05) is 30.3 Å². The van der Waals surface area contributed by atoms with Gasteiger partial charge in [0.25, 0.3) is 5.22 Å². The van der Waals surface area contributed by atoms with Gasteiger partial charge in [-0.3, -0.25) is 0 Å². The maximum Gasteiger partial charge on any atom is 0.276 e. The highest BCUT2D eigenvalue weighted by Gasteiger charge is 2.19. The van der Waals surface area contributed by atoms with Crippen molar-refractivity contribution in [3.05, 3.63) is 71.9 Å². The van der Waals surface area contributed by atoms with Crippen LogP contribution in [0, 0.1) is 5.82 Å². The molecule has 0 spiro atoms. The van der Waals surface area contributed by atoms with Gasteiger partial charge in [0.1, 0.15) is 11.6 Å². The molecule has 0 unspecified atom stereocenters. The number of rotatable bonds is 6. The largest absolute Gasteiger partial charge is 0.415 e. The summed E-state index contributed by atoms with van der Waals surface area (Å²) >= 11 is 1.33. The summed E-state index contributed by atoms with van der Waals surface area (Å²) in [5.74, 6) is -0.258. The summed E-state index contributed by atoms with van der Waals surface area (Å²) in [5, 5.41) is 7.92. The Labute approximate surface area is 142 Å². The average molecular weight is 364 g/mol. The fourth-order valence-electron chi connectivity index (χ4n) is 1.96. The van der Waals surface area contributed by atoms with E-state index < -0.39 is 21.4 Å². The van der Waals surface area contributed by atoms with Crippen LogP contribution in [0.5, 0.6) is 0 Å². The molecule has 0 atom stereocenters. The molecule has 0 aliphatic carbocycles. The van der Waals surface area contributed by atoms with Gasteiger partial charge in [-0.1, -0.05) is 42.1 Å². The summed E-state index contributed by atoms with van der Waals surface area (Å²) in [4.78, 5) is 0.0144. The molecule has 124 valence electrons. The van der Waals surface area contributed by atoms with Crippen LogP contribution in [0.4, 0.5) is 4.39 Å². The Hall–Kier alpha value is -2.19. The maximum atomic E-state index is 12.9. The summed E-state index contributed by atoms with van der Waals surface area (Å²) in [6.07, 6.45) is 0. The van der Waals surface area contributed by atoms with Crippen molar-refractivity contribution >= 4 is 21.6 Å². The van der Waals surface area contributed by atoms with E-state index in [1.165, 1.54) is 23.9 Å². The zero-order chi connectivity index (χ0) is 17.0. The zero-order valence-corrected chi connectivity index (χ0v) is 14.1. The molecule has 0 amide bonds. The highest BCUT2D eigenvalue weighted by atomic mass is 32.2. The number of aromatic nitrogens is 2. The SMILES string of the molecule is O=S(=O)(Cc1nnc(SCc2ccccc2)o1)c1ccc(F)cc1. The summed E-state index contributed by atoms with van der Waals surface area (Å²) in [5.41, 5.74) is 1.10. The molecule has 1 heterocycles. The molecule has 0 aliphatic rings. The maximum absolute atomic E-state index is 12.9. The van der Waals surface area contributed by atoms with E-state index >= 15 is 0 Å². The van der Waals surface area contributed by atoms with Crippen LogP contribution in [-0.4, -0.2) is 18.6 Å². The summed E-state index contributed by atoms with van der Waals surface area (Å²) < 4.78 is 42.8. The van der Waals surface area contributed by atoms with Gasteiger partial charge in [-0.25, -0.2) is 12.8 Å². The van der Waals surface area contributed by atoms with E-state index in [1.54, 1.807) is 0 Å². The van der Waals surface area contributed by atoms with Crippen LogP contribution in [0.1, 0.15) is 11.5 Å². The second-order valence-electron chi connectivity index (χ2n) is 4.95. The van der Waals surface area contributed by atoms with Crippen molar-refractivity contribution in [1.82, 2.24) is 10.2 Å². The summed E-state index contributed by atoms with van der Waals surface area (Å²) in [6, 6.07) is 14.4. The van der Waals surface area contributed by atoms with Crippen LogP contribution in [0.15, 0.2) is 69.1 Å². The monoisotopic (exact) mass is 364 g/mol. The standard InChI is InChI=1S/C16H13FN2O3S2/c17-13-6-8-14(9-7-13)24(20,21)11-15-18-19-16(22-15)23-10-12-4-2-1-3-5-12/h1-9H,10-11H2. The molecule has 0 bridgehead atoms. The van der Waals surface area contributed by atoms with Crippen LogP contribution in [-0.2, 0) is 21.3 Å². The Kier molecular flexibility index (Phi) is 4.96. The highest BCUT2D eigenvalue weighted by molar-refractivity contribution is 7.98. The van der Waals surface area contributed by atoms with Crippen LogP contribution in [0.3, 0.4) is 0 Å². The van der Waals surface area contributed by atoms with Gasteiger partial charge in [-0.05, 0) is 29.8 Å². The first-order valence-corrected chi connectivity index (χ1v) is 9.64. The third kappa shape index (κ3) is 4.21. The lowest BCUT2D eigenvalue weighted by molar-refractivity contribution is 0.423. The number of halogens is 1. The van der Waals surface area contributed by atoms with E-state index in [2.05, 4.69) is 10.2 Å². The fourth-order valence-corrected chi connectivity index (χ4v) is 3.86. The first-order chi connectivity index (χ1) is 11.5. The number of sulfone groups is 1. The van der Waals surface area contributed by atoms with Crippen molar-refractivity contribution in [3.63, 3.8) is 0 Å². The van der Waals surface area contributed by atoms with Gasteiger partial charge in [-0.15, -0.1) is 10.2 Å². The summed E-state index contributed by atoms with van der Waals surface area (Å²) in [6.45, 7) is 0. The second kappa shape index (κ2) is 7.14. The molecule has 0 radical (unpaired) electrons. The molecule has 24 heavy (non-hydrogen) atoms. The van der Waals surface area contributed by atoms with Crippen molar-refractivity contribution < 1.29 is 17.2 Å². The molecule has 0 saturated heterocycles. The van der Waals surface area contributed by atoms with Gasteiger partial charge in [0.05, 0.1) is 4.90 Å². The molecule has 1 aromatic heterocycles. The van der Waals surface area contributed by atoms with Gasteiger partial charge in [0.2, 0.25) is 5.89 Å². The third-order valence-corrected chi connectivity index (χ3v) is 5.65. The first-order valence-electron chi connectivity index (χ1n) is 7.00. The molecule has 0 aliphatic heterocycles. The Balaban J connectivity index is 1.66. The Morgan fingerprint density at radius 3 is 2.42 bits per heavy atom. The number of hydrogen-bond donors (Lipinski definition) is 0. The molecule has 2 aromatic carbocycles. The van der Waals surface area contributed by atoms with E-state index in [-0.39, 0.29) is 10.8 Å². The topological polar surface area (TPSA) is 73.1 Å². The number of thioether (sulfide) groups is 1. The fraction of sp³-hybridized carbons (Fsp3) is 0.125. The van der Waals surface area contributed by atoms with Crippen LogP contribution < -0.4 is 0 Å². The van der Waals surface area contributed by atoms with E-state index in [0.29, 0.717) is 11.0 Å². The van der Waals surface area contributed by atoms with Gasteiger partial charge < -0.3 is 4.42 Å². The zero-order valence-electron chi connectivity index (χ0n) is 12.4. The van der Waals surface area contributed by atoms with Crippen molar-refractivity contribution in [2.45, 2.75) is 21.6 Å². The Morgan fingerprint density at radius 1 is 1.00 bits per heavy atom. The van der Waals surface area contributed by atoms with Gasteiger partial charge in [0.15, 0.2) is 9.84 Å². The Bertz CT molecular complexity index is 910. The molecule has 3 rings (SSSR count). The molecule has 0 fully saturated rings. The molecule has 0 saturated carbocycles. The number of hydrogen-bond acceptors (Lipinski definition) is 6. The molecular formula is C16H13FN2O3S2. The minimum atomic E-state index is -3.66. The minimum Gasteiger partial charge on any atom is -0.415 e. The lowest BCUT2D eigenvalue weighted by atomic mass is 10.2. The van der Waals surface area contributed by atoms with Crippen LogP contribution in [0.25, 0.3) is 0 Å². The van der Waals surface area contributed by atoms with Crippen molar-refractivity contribution in [2.75, 3.05) is 0 Å². The molecular weight excluding hydrogens is 351 g/mol. The first kappa shape index (κ1) is 16.7. The smallest absolute Gasteiger partial charge is 0.276 e. The normalized spacial score (nSPS) is 11.5. The number of nitrogens with zero attached hydrogens (tertiary/aromatic N) is 2. The molecule has 8 heteroatoms. The molecule has 0 N–H and O–H groups in total. The van der Waals surface area contributed by atoms with Crippen LogP contribution in [0.2, 0.25) is 0 Å². The predicted octanol–water partition coefficient (Wildman–Crippen LogP) is 3.47. The predicted molar refractivity (Wildman–Crippen MR) is 87.6 cm³/mol. The van der Waals surface area contributed by atoms with Crippen LogP contribution >= 0.6 is 11.8 Å². The quantitative estimate of drug-likeness (QED) is 0.492. The van der Waals surface area contributed by atoms with Crippen molar-refractivity contribution in [1.29, 1.82) is 0 Å². The van der Waals surface area contributed by atoms with E-state index in [4.69, 9.17) is 4.42 Å². The van der Waals surface area contributed by atoms with E-state index in [0.717, 1.165) is 17.7 Å². The Morgan fingerprint density at radius 2 is 1.71 bits per heavy atom. The van der Waals surface area contributed by atoms with Crippen molar-refractivity contribution in [3.8, 4) is 0 Å². The van der Waals surface area contributed by atoms with Gasteiger partial charge in [0, 0.05) is 5.75 Å². The van der Waals surface area contributed by atoms with Crippen molar-refractivity contribution in [2.24, 2.45) is 0 Å². The third-order valence-electron chi connectivity index (χ3n) is 3.14. The average Bonchev–Trinajstić information content (AvgIpc) is 3.01. The molecule has 3 aromatic rings. The highest BCUT2D eigenvalue weighted by Crippen LogP contribution is 2.23. The lowest BCUT2D eigenvalue weighted by Gasteiger charge is -2.01. The summed E-state index contributed by atoms with van der Waals surface area (Å²) in [7, 11) is -3.66.